The Morgan fingerprint density at radius 3 is 3.05 bits per heavy atom. The van der Waals surface area contributed by atoms with Crippen LogP contribution in [0.4, 0.5) is 11.4 Å². The van der Waals surface area contributed by atoms with E-state index in [4.69, 9.17) is 0 Å². The van der Waals surface area contributed by atoms with Crippen molar-refractivity contribution < 1.29 is 9.59 Å². The molecule has 0 aliphatic carbocycles. The molecule has 0 spiro atoms. The lowest BCUT2D eigenvalue weighted by Crippen LogP contribution is -2.19. The highest BCUT2D eigenvalue weighted by Crippen LogP contribution is 2.33. The number of nitrogens with one attached hydrogen (secondary N) is 2. The first kappa shape index (κ1) is 14.2. The van der Waals surface area contributed by atoms with E-state index in [2.05, 4.69) is 16.0 Å². The molecule has 2 aromatic rings. The number of benzene rings is 1. The molecule has 1 aromatic heterocycles. The van der Waals surface area contributed by atoms with Gasteiger partial charge in [0.25, 0.3) is 0 Å². The van der Waals surface area contributed by atoms with Gasteiger partial charge in [0.15, 0.2) is 0 Å². The van der Waals surface area contributed by atoms with Crippen LogP contribution in [0.1, 0.15) is 12.0 Å². The monoisotopic (exact) mass is 318 g/mol. The third kappa shape index (κ3) is 3.65. The first-order valence-corrected chi connectivity index (χ1v) is 8.51. The normalized spacial score (nSPS) is 13.4. The summed E-state index contributed by atoms with van der Waals surface area (Å²) >= 11 is 3.15. The molecule has 0 saturated heterocycles. The summed E-state index contributed by atoms with van der Waals surface area (Å²) in [5.41, 5.74) is 2.67. The van der Waals surface area contributed by atoms with Crippen molar-refractivity contribution >= 4 is 46.3 Å². The van der Waals surface area contributed by atoms with Crippen molar-refractivity contribution in [2.75, 3.05) is 16.4 Å². The minimum absolute atomic E-state index is 0.00608. The Hall–Kier alpha value is -1.79. The molecule has 1 aromatic carbocycles. The Labute approximate surface area is 130 Å². The van der Waals surface area contributed by atoms with Crippen molar-refractivity contribution in [2.24, 2.45) is 0 Å². The molecule has 6 heteroatoms. The topological polar surface area (TPSA) is 58.2 Å². The molecule has 0 unspecified atom stereocenters. The number of fused-ring (bicyclic) bond motifs is 1. The third-order valence-electron chi connectivity index (χ3n) is 3.12. The molecule has 0 bridgehead atoms. The van der Waals surface area contributed by atoms with Gasteiger partial charge < -0.3 is 10.6 Å². The Balaban J connectivity index is 1.61. The zero-order valence-electron chi connectivity index (χ0n) is 11.2. The molecule has 1 aliphatic heterocycles. The highest BCUT2D eigenvalue weighted by atomic mass is 32.2. The number of carbonyl (C=O) groups is 2. The number of thiophene rings is 1. The van der Waals surface area contributed by atoms with E-state index in [0.717, 1.165) is 17.0 Å². The van der Waals surface area contributed by atoms with Crippen LogP contribution in [0, 0.1) is 0 Å². The van der Waals surface area contributed by atoms with E-state index in [0.29, 0.717) is 17.9 Å². The Bertz CT molecular complexity index is 668. The van der Waals surface area contributed by atoms with Gasteiger partial charge in [-0.15, -0.1) is 11.8 Å². The second-order valence-corrected chi connectivity index (χ2v) is 6.52. The fourth-order valence-electron chi connectivity index (χ4n) is 2.08. The number of aryl methyl sites for hydroxylation is 1. The van der Waals surface area contributed by atoms with E-state index in [9.17, 15) is 9.59 Å². The molecule has 3 rings (SSSR count). The van der Waals surface area contributed by atoms with Crippen LogP contribution in [-0.4, -0.2) is 17.6 Å². The van der Waals surface area contributed by atoms with Crippen LogP contribution in [0.3, 0.4) is 0 Å². The smallest absolute Gasteiger partial charge is 0.234 e. The maximum atomic E-state index is 11.9. The van der Waals surface area contributed by atoms with E-state index < -0.39 is 0 Å². The van der Waals surface area contributed by atoms with Gasteiger partial charge >= 0.3 is 0 Å². The van der Waals surface area contributed by atoms with E-state index in [1.165, 1.54) is 17.3 Å². The maximum absolute atomic E-state index is 11.9. The SMILES string of the molecule is O=C(CCc1ccsc1)Nc1ccc2c(c1)NC(=O)CS2. The molecule has 0 fully saturated rings. The number of hydrogen-bond donors (Lipinski definition) is 2. The van der Waals surface area contributed by atoms with Crippen LogP contribution >= 0.6 is 23.1 Å². The van der Waals surface area contributed by atoms with Gasteiger partial charge in [-0.05, 0) is 47.0 Å². The van der Waals surface area contributed by atoms with Gasteiger partial charge in [-0.1, -0.05) is 0 Å². The van der Waals surface area contributed by atoms with E-state index >= 15 is 0 Å². The molecule has 0 radical (unpaired) electrons. The molecule has 2 amide bonds. The van der Waals surface area contributed by atoms with Gasteiger partial charge in [0.2, 0.25) is 11.8 Å². The summed E-state index contributed by atoms with van der Waals surface area (Å²) in [6.45, 7) is 0. The number of hydrogen-bond acceptors (Lipinski definition) is 4. The fraction of sp³-hybridized carbons (Fsp3) is 0.200. The minimum atomic E-state index is -0.0176. The quantitative estimate of drug-likeness (QED) is 0.909. The van der Waals surface area contributed by atoms with Gasteiger partial charge in [0, 0.05) is 17.0 Å². The molecular formula is C15H14N2O2S2. The molecule has 108 valence electrons. The summed E-state index contributed by atoms with van der Waals surface area (Å²) < 4.78 is 0. The van der Waals surface area contributed by atoms with Crippen molar-refractivity contribution in [2.45, 2.75) is 17.7 Å². The van der Waals surface area contributed by atoms with Crippen molar-refractivity contribution in [3.8, 4) is 0 Å². The van der Waals surface area contributed by atoms with Gasteiger partial charge in [0.05, 0.1) is 11.4 Å². The van der Waals surface area contributed by atoms with Crippen LogP contribution in [0.25, 0.3) is 0 Å². The number of thioether (sulfide) groups is 1. The van der Waals surface area contributed by atoms with Crippen LogP contribution in [0.2, 0.25) is 0 Å². The van der Waals surface area contributed by atoms with E-state index in [1.807, 2.05) is 29.6 Å². The zero-order valence-corrected chi connectivity index (χ0v) is 12.9. The highest BCUT2D eigenvalue weighted by molar-refractivity contribution is 8.00. The van der Waals surface area contributed by atoms with E-state index in [1.54, 1.807) is 11.3 Å². The minimum Gasteiger partial charge on any atom is -0.326 e. The maximum Gasteiger partial charge on any atom is 0.234 e. The van der Waals surface area contributed by atoms with Crippen LogP contribution in [-0.2, 0) is 16.0 Å². The first-order chi connectivity index (χ1) is 10.2. The lowest BCUT2D eigenvalue weighted by atomic mass is 10.2. The Morgan fingerprint density at radius 1 is 1.33 bits per heavy atom. The summed E-state index contributed by atoms with van der Waals surface area (Å²) in [4.78, 5) is 24.3. The third-order valence-corrected chi connectivity index (χ3v) is 4.92. The van der Waals surface area contributed by atoms with E-state index in [-0.39, 0.29) is 11.8 Å². The fourth-order valence-corrected chi connectivity index (χ4v) is 3.57. The van der Waals surface area contributed by atoms with Crippen LogP contribution < -0.4 is 10.6 Å². The largest absolute Gasteiger partial charge is 0.326 e. The number of anilines is 2. The molecular weight excluding hydrogens is 304 g/mol. The highest BCUT2D eigenvalue weighted by Gasteiger charge is 2.15. The Kier molecular flexibility index (Phi) is 4.26. The summed E-state index contributed by atoms with van der Waals surface area (Å²) in [7, 11) is 0. The predicted molar refractivity (Wildman–Crippen MR) is 87.1 cm³/mol. The predicted octanol–water partition coefficient (Wildman–Crippen LogP) is 3.36. The lowest BCUT2D eigenvalue weighted by molar-refractivity contribution is -0.116. The molecule has 2 N–H and O–H groups in total. The molecule has 0 atom stereocenters. The van der Waals surface area contributed by atoms with Crippen molar-refractivity contribution in [1.29, 1.82) is 0 Å². The summed E-state index contributed by atoms with van der Waals surface area (Å²) in [6, 6.07) is 7.63. The van der Waals surface area contributed by atoms with Crippen molar-refractivity contribution in [3.05, 3.63) is 40.6 Å². The molecule has 21 heavy (non-hydrogen) atoms. The lowest BCUT2D eigenvalue weighted by Gasteiger charge is -2.17. The molecule has 0 saturated carbocycles. The van der Waals surface area contributed by atoms with Crippen molar-refractivity contribution in [3.63, 3.8) is 0 Å². The van der Waals surface area contributed by atoms with Crippen molar-refractivity contribution in [1.82, 2.24) is 0 Å². The average Bonchev–Trinajstić information content (AvgIpc) is 2.98. The summed E-state index contributed by atoms with van der Waals surface area (Å²) in [6.07, 6.45) is 1.20. The molecule has 4 nitrogen and oxygen atoms in total. The number of amides is 2. The second kappa shape index (κ2) is 6.32. The number of carbonyl (C=O) groups excluding carboxylic acids is 2. The van der Waals surface area contributed by atoms with Gasteiger partial charge in [-0.3, -0.25) is 9.59 Å². The first-order valence-electron chi connectivity index (χ1n) is 6.58. The zero-order chi connectivity index (χ0) is 14.7. The Morgan fingerprint density at radius 2 is 2.24 bits per heavy atom. The van der Waals surface area contributed by atoms with Crippen LogP contribution in [0.15, 0.2) is 39.9 Å². The molecule has 1 aliphatic rings. The standard InChI is InChI=1S/C15H14N2O2S2/c18-14(4-1-10-5-6-20-8-10)16-11-2-3-13-12(7-11)17-15(19)9-21-13/h2-3,5-8H,1,4,9H2,(H,16,18)(H,17,19). The summed E-state index contributed by atoms with van der Waals surface area (Å²) in [5.74, 6) is 0.420. The second-order valence-electron chi connectivity index (χ2n) is 4.73. The van der Waals surface area contributed by atoms with Crippen LogP contribution in [0.5, 0.6) is 0 Å². The molecule has 2 heterocycles. The van der Waals surface area contributed by atoms with Gasteiger partial charge in [-0.2, -0.15) is 11.3 Å². The van der Waals surface area contributed by atoms with Gasteiger partial charge in [0.1, 0.15) is 0 Å². The number of rotatable bonds is 4. The average molecular weight is 318 g/mol. The summed E-state index contributed by atoms with van der Waals surface area (Å²) in [5, 5.41) is 9.76. The van der Waals surface area contributed by atoms with Gasteiger partial charge in [-0.25, -0.2) is 0 Å².